The zero-order valence-electron chi connectivity index (χ0n) is 30.8. The predicted octanol–water partition coefficient (Wildman–Crippen LogP) is 12.8. The molecule has 0 bridgehead atoms. The van der Waals surface area contributed by atoms with Crippen LogP contribution in [0.2, 0.25) is 0 Å². The molecule has 0 fully saturated rings. The van der Waals surface area contributed by atoms with Gasteiger partial charge in [-0.05, 0) is 90.0 Å². The Kier molecular flexibility index (Phi) is 18.3. The zero-order chi connectivity index (χ0) is 35.8. The SMILES string of the molecule is CCCCCCCCOc1ccc(-c2ccc(C(=O)OCCCCCCCCCCCCOc3ccc(-c4ccc(C#N)cc4)cc3)cc2)cc1. The molecule has 0 saturated carbocycles. The Bertz CT molecular complexity index is 1550. The highest BCUT2D eigenvalue weighted by Crippen LogP contribution is 2.25. The van der Waals surface area contributed by atoms with E-state index in [9.17, 15) is 4.79 Å². The Labute approximate surface area is 307 Å². The fraction of sp³-hybridized carbons (Fsp3) is 0.435. The molecule has 0 radical (unpaired) electrons. The van der Waals surface area contributed by atoms with Crippen LogP contribution in [0.4, 0.5) is 0 Å². The number of hydrogen-bond acceptors (Lipinski definition) is 5. The summed E-state index contributed by atoms with van der Waals surface area (Å²) in [6, 6.07) is 33.8. The van der Waals surface area contributed by atoms with Crippen molar-refractivity contribution in [2.45, 2.75) is 110 Å². The molecule has 270 valence electrons. The molecule has 51 heavy (non-hydrogen) atoms. The van der Waals surface area contributed by atoms with Crippen LogP contribution >= 0.6 is 0 Å². The van der Waals surface area contributed by atoms with Gasteiger partial charge in [0.2, 0.25) is 0 Å². The first-order valence-electron chi connectivity index (χ1n) is 19.4. The maximum atomic E-state index is 12.5. The largest absolute Gasteiger partial charge is 0.494 e. The lowest BCUT2D eigenvalue weighted by Crippen LogP contribution is -2.06. The molecule has 5 heteroatoms. The highest BCUT2D eigenvalue weighted by Gasteiger charge is 2.08. The van der Waals surface area contributed by atoms with E-state index in [1.165, 1.54) is 77.0 Å². The molecule has 0 aliphatic rings. The van der Waals surface area contributed by atoms with Gasteiger partial charge in [-0.2, -0.15) is 5.26 Å². The Morgan fingerprint density at radius 2 is 0.824 bits per heavy atom. The van der Waals surface area contributed by atoms with Crippen LogP contribution in [0.5, 0.6) is 11.5 Å². The van der Waals surface area contributed by atoms with Crippen molar-refractivity contribution in [3.05, 3.63) is 108 Å². The van der Waals surface area contributed by atoms with E-state index in [1.807, 2.05) is 72.8 Å². The minimum absolute atomic E-state index is 0.247. The van der Waals surface area contributed by atoms with E-state index >= 15 is 0 Å². The summed E-state index contributed by atoms with van der Waals surface area (Å²) >= 11 is 0. The molecule has 0 aliphatic heterocycles. The monoisotopic (exact) mass is 687 g/mol. The minimum atomic E-state index is -0.247. The molecule has 4 rings (SSSR count). The molecule has 0 N–H and O–H groups in total. The van der Waals surface area contributed by atoms with Gasteiger partial charge in [0.25, 0.3) is 0 Å². The van der Waals surface area contributed by atoms with Gasteiger partial charge in [0.05, 0.1) is 37.0 Å². The van der Waals surface area contributed by atoms with Gasteiger partial charge in [0, 0.05) is 0 Å². The number of nitrogens with zero attached hydrogens (tertiary/aromatic N) is 1. The van der Waals surface area contributed by atoms with Gasteiger partial charge in [-0.1, -0.05) is 139 Å². The minimum Gasteiger partial charge on any atom is -0.494 e. The average molecular weight is 688 g/mol. The molecule has 0 unspecified atom stereocenters. The summed E-state index contributed by atoms with van der Waals surface area (Å²) in [6.07, 6.45) is 19.3. The molecule has 0 aromatic heterocycles. The van der Waals surface area contributed by atoms with Crippen molar-refractivity contribution in [2.75, 3.05) is 19.8 Å². The van der Waals surface area contributed by atoms with Gasteiger partial charge in [0.15, 0.2) is 0 Å². The number of ether oxygens (including phenoxy) is 3. The van der Waals surface area contributed by atoms with Crippen LogP contribution in [0, 0.1) is 11.3 Å². The van der Waals surface area contributed by atoms with E-state index in [0.717, 1.165) is 72.6 Å². The van der Waals surface area contributed by atoms with Gasteiger partial charge < -0.3 is 14.2 Å². The fourth-order valence-corrected chi connectivity index (χ4v) is 6.15. The third-order valence-electron chi connectivity index (χ3n) is 9.32. The first kappa shape index (κ1) is 39.2. The van der Waals surface area contributed by atoms with Crippen molar-refractivity contribution in [2.24, 2.45) is 0 Å². The Morgan fingerprint density at radius 3 is 1.24 bits per heavy atom. The number of esters is 1. The Hall–Kier alpha value is -4.56. The molecule has 0 heterocycles. The summed E-state index contributed by atoms with van der Waals surface area (Å²) in [5, 5.41) is 8.97. The van der Waals surface area contributed by atoms with Crippen molar-refractivity contribution in [1.29, 1.82) is 5.26 Å². The first-order valence-corrected chi connectivity index (χ1v) is 19.4. The number of rotatable bonds is 25. The lowest BCUT2D eigenvalue weighted by atomic mass is 10.0. The van der Waals surface area contributed by atoms with Crippen molar-refractivity contribution < 1.29 is 19.0 Å². The number of benzene rings is 4. The summed E-state index contributed by atoms with van der Waals surface area (Å²) in [5.41, 5.74) is 5.67. The summed E-state index contributed by atoms with van der Waals surface area (Å²) in [7, 11) is 0. The molecular weight excluding hydrogens is 631 g/mol. The number of carbonyl (C=O) groups is 1. The Morgan fingerprint density at radius 1 is 0.471 bits per heavy atom. The molecule has 0 aliphatic carbocycles. The number of unbranched alkanes of at least 4 members (excludes halogenated alkanes) is 14. The summed E-state index contributed by atoms with van der Waals surface area (Å²) in [4.78, 5) is 12.5. The number of nitriles is 1. The van der Waals surface area contributed by atoms with Gasteiger partial charge in [-0.3, -0.25) is 0 Å². The van der Waals surface area contributed by atoms with E-state index in [2.05, 4.69) is 37.3 Å². The molecule has 5 nitrogen and oxygen atoms in total. The predicted molar refractivity (Wildman–Crippen MR) is 209 cm³/mol. The molecule has 0 atom stereocenters. The summed E-state index contributed by atoms with van der Waals surface area (Å²) in [6.45, 7) is 4.23. The quantitative estimate of drug-likeness (QED) is 0.0512. The van der Waals surface area contributed by atoms with Gasteiger partial charge in [-0.15, -0.1) is 0 Å². The van der Waals surface area contributed by atoms with E-state index in [-0.39, 0.29) is 5.97 Å². The zero-order valence-corrected chi connectivity index (χ0v) is 30.8. The maximum Gasteiger partial charge on any atom is 0.338 e. The van der Waals surface area contributed by atoms with Crippen LogP contribution in [0.1, 0.15) is 126 Å². The lowest BCUT2D eigenvalue weighted by Gasteiger charge is -2.09. The molecule has 0 amide bonds. The smallest absolute Gasteiger partial charge is 0.338 e. The second kappa shape index (κ2) is 23.8. The summed E-state index contributed by atoms with van der Waals surface area (Å²) < 4.78 is 17.4. The second-order valence-electron chi connectivity index (χ2n) is 13.5. The maximum absolute atomic E-state index is 12.5. The van der Waals surface area contributed by atoms with Gasteiger partial charge in [-0.25, -0.2) is 4.79 Å². The number of carbonyl (C=O) groups excluding carboxylic acids is 1. The van der Waals surface area contributed by atoms with E-state index in [4.69, 9.17) is 19.5 Å². The van der Waals surface area contributed by atoms with E-state index in [0.29, 0.717) is 17.7 Å². The summed E-state index contributed by atoms with van der Waals surface area (Å²) in [5.74, 6) is 1.56. The van der Waals surface area contributed by atoms with Crippen LogP contribution < -0.4 is 9.47 Å². The van der Waals surface area contributed by atoms with Crippen molar-refractivity contribution >= 4 is 5.97 Å². The average Bonchev–Trinajstić information content (AvgIpc) is 3.18. The van der Waals surface area contributed by atoms with E-state index < -0.39 is 0 Å². The van der Waals surface area contributed by atoms with Crippen LogP contribution in [-0.4, -0.2) is 25.8 Å². The molecule has 4 aromatic rings. The van der Waals surface area contributed by atoms with Crippen molar-refractivity contribution in [3.8, 4) is 39.8 Å². The normalized spacial score (nSPS) is 10.8. The first-order chi connectivity index (χ1) is 25.2. The van der Waals surface area contributed by atoms with Crippen LogP contribution in [0.25, 0.3) is 22.3 Å². The van der Waals surface area contributed by atoms with Crippen LogP contribution in [0.3, 0.4) is 0 Å². The third kappa shape index (κ3) is 15.1. The fourth-order valence-electron chi connectivity index (χ4n) is 6.15. The lowest BCUT2D eigenvalue weighted by molar-refractivity contribution is 0.0497. The standard InChI is InChI=1S/C46H57NO4/c1-2-3-4-5-12-15-34-49-45-32-28-42(29-33-45)40-22-24-43(25-23-40)46(48)51-36-17-14-11-9-7-6-8-10-13-16-35-50-44-30-26-41(27-31-44)39-20-18-38(37-47)19-21-39/h18-33H,2-17,34-36H2,1H3. The van der Waals surface area contributed by atoms with Crippen LogP contribution in [-0.2, 0) is 4.74 Å². The number of hydrogen-bond donors (Lipinski definition) is 0. The highest BCUT2D eigenvalue weighted by atomic mass is 16.5. The molecule has 4 aromatic carbocycles. The van der Waals surface area contributed by atoms with Crippen LogP contribution in [0.15, 0.2) is 97.1 Å². The van der Waals surface area contributed by atoms with Gasteiger partial charge >= 0.3 is 5.97 Å². The highest BCUT2D eigenvalue weighted by molar-refractivity contribution is 5.90. The molecule has 0 saturated heterocycles. The van der Waals surface area contributed by atoms with E-state index in [1.54, 1.807) is 0 Å². The van der Waals surface area contributed by atoms with Gasteiger partial charge in [0.1, 0.15) is 11.5 Å². The second-order valence-corrected chi connectivity index (χ2v) is 13.5. The van der Waals surface area contributed by atoms with Crippen molar-refractivity contribution in [3.63, 3.8) is 0 Å². The topological polar surface area (TPSA) is 68.6 Å². The molecule has 0 spiro atoms. The Balaban J connectivity index is 0.954. The third-order valence-corrected chi connectivity index (χ3v) is 9.32. The van der Waals surface area contributed by atoms with Crippen molar-refractivity contribution in [1.82, 2.24) is 0 Å². The molecular formula is C46H57NO4.